The molecule has 2 rings (SSSR count). The monoisotopic (exact) mass is 318 g/mol. The third kappa shape index (κ3) is 4.31. The van der Waals surface area contributed by atoms with E-state index in [1.54, 1.807) is 13.2 Å². The minimum Gasteiger partial charge on any atom is -0.383 e. The van der Waals surface area contributed by atoms with Gasteiger partial charge >= 0.3 is 0 Å². The molecule has 0 saturated carbocycles. The molecule has 1 aromatic heterocycles. The molecule has 7 heteroatoms. The minimum absolute atomic E-state index is 0.264. The molecule has 0 fully saturated rings. The lowest BCUT2D eigenvalue weighted by Gasteiger charge is -2.13. The van der Waals surface area contributed by atoms with E-state index >= 15 is 0 Å². The Morgan fingerprint density at radius 2 is 1.91 bits per heavy atom. The zero-order chi connectivity index (χ0) is 15.8. The van der Waals surface area contributed by atoms with E-state index in [2.05, 4.69) is 16.2 Å². The van der Waals surface area contributed by atoms with Gasteiger partial charge in [0.2, 0.25) is 0 Å². The smallest absolute Gasteiger partial charge is 0.271 e. The molecule has 22 heavy (non-hydrogen) atoms. The number of nitrogens with one attached hydrogen (secondary N) is 3. The van der Waals surface area contributed by atoms with Crippen LogP contribution in [0.15, 0.2) is 48.8 Å². The van der Waals surface area contributed by atoms with Crippen molar-refractivity contribution in [1.29, 1.82) is 0 Å². The van der Waals surface area contributed by atoms with Crippen LogP contribution in [0.25, 0.3) is 5.69 Å². The highest BCUT2D eigenvalue weighted by Crippen LogP contribution is 2.14. The fourth-order valence-electron chi connectivity index (χ4n) is 1.88. The van der Waals surface area contributed by atoms with Crippen molar-refractivity contribution in [2.45, 2.75) is 0 Å². The fourth-order valence-corrected chi connectivity index (χ4v) is 2.03. The fraction of sp³-hybridized carbons (Fsp3) is 0.200. The van der Waals surface area contributed by atoms with E-state index in [-0.39, 0.29) is 5.91 Å². The molecular weight excluding hydrogens is 300 g/mol. The molecule has 0 aliphatic carbocycles. The second-order valence-electron chi connectivity index (χ2n) is 4.44. The number of carbonyl (C=O) groups excluding carboxylic acids is 1. The SMILES string of the molecule is COCCNC(=S)NNC(=O)c1ccccc1-n1cccc1. The van der Waals surface area contributed by atoms with Crippen molar-refractivity contribution in [3.05, 3.63) is 54.4 Å². The Morgan fingerprint density at radius 1 is 1.18 bits per heavy atom. The van der Waals surface area contributed by atoms with Gasteiger partial charge in [0.15, 0.2) is 5.11 Å². The quantitative estimate of drug-likeness (QED) is 0.440. The Labute approximate surface area is 134 Å². The van der Waals surface area contributed by atoms with Crippen molar-refractivity contribution in [3.8, 4) is 5.69 Å². The lowest BCUT2D eigenvalue weighted by atomic mass is 10.1. The number of hydrogen-bond acceptors (Lipinski definition) is 3. The lowest BCUT2D eigenvalue weighted by molar-refractivity contribution is 0.0943. The molecule has 0 radical (unpaired) electrons. The van der Waals surface area contributed by atoms with Crippen LogP contribution in [0.2, 0.25) is 0 Å². The topological polar surface area (TPSA) is 67.3 Å². The number of ether oxygens (including phenoxy) is 1. The van der Waals surface area contributed by atoms with Crippen LogP contribution < -0.4 is 16.2 Å². The highest BCUT2D eigenvalue weighted by Gasteiger charge is 2.11. The van der Waals surface area contributed by atoms with Gasteiger partial charge in [0.05, 0.1) is 17.9 Å². The van der Waals surface area contributed by atoms with Crippen molar-refractivity contribution in [1.82, 2.24) is 20.7 Å². The Hall–Kier alpha value is -2.38. The summed E-state index contributed by atoms with van der Waals surface area (Å²) < 4.78 is 6.78. The van der Waals surface area contributed by atoms with Gasteiger partial charge in [-0.15, -0.1) is 0 Å². The number of hydrazine groups is 1. The van der Waals surface area contributed by atoms with Crippen LogP contribution in [0.3, 0.4) is 0 Å². The van der Waals surface area contributed by atoms with Crippen LogP contribution >= 0.6 is 12.2 Å². The van der Waals surface area contributed by atoms with E-state index in [1.165, 1.54) is 0 Å². The Kier molecular flexibility index (Phi) is 5.93. The van der Waals surface area contributed by atoms with Gasteiger partial charge in [-0.2, -0.15) is 0 Å². The molecular formula is C15H18N4O2S. The molecule has 0 aliphatic rings. The lowest BCUT2D eigenvalue weighted by Crippen LogP contribution is -2.47. The van der Waals surface area contributed by atoms with Crippen LogP contribution in [0, 0.1) is 0 Å². The van der Waals surface area contributed by atoms with Gasteiger partial charge in [0.1, 0.15) is 0 Å². The maximum Gasteiger partial charge on any atom is 0.271 e. The summed E-state index contributed by atoms with van der Waals surface area (Å²) in [5, 5.41) is 3.24. The van der Waals surface area contributed by atoms with Crippen molar-refractivity contribution >= 4 is 23.2 Å². The summed E-state index contributed by atoms with van der Waals surface area (Å²) in [7, 11) is 1.61. The van der Waals surface area contributed by atoms with Crippen LogP contribution in [0.1, 0.15) is 10.4 Å². The largest absolute Gasteiger partial charge is 0.383 e. The number of para-hydroxylation sites is 1. The van der Waals surface area contributed by atoms with Crippen LogP contribution in [-0.4, -0.2) is 35.8 Å². The predicted molar refractivity (Wildman–Crippen MR) is 88.8 cm³/mol. The normalized spacial score (nSPS) is 10.0. The number of methoxy groups -OCH3 is 1. The van der Waals surface area contributed by atoms with Gasteiger partial charge in [-0.3, -0.25) is 15.6 Å². The third-order valence-corrected chi connectivity index (χ3v) is 3.16. The van der Waals surface area contributed by atoms with Gasteiger partial charge in [-0.25, -0.2) is 0 Å². The maximum atomic E-state index is 12.3. The van der Waals surface area contributed by atoms with Crippen molar-refractivity contribution < 1.29 is 9.53 Å². The first-order valence-corrected chi connectivity index (χ1v) is 7.18. The molecule has 0 spiro atoms. The molecule has 0 unspecified atom stereocenters. The molecule has 0 bridgehead atoms. The van der Waals surface area contributed by atoms with E-state index in [0.717, 1.165) is 5.69 Å². The number of thiocarbonyl (C=S) groups is 1. The number of benzene rings is 1. The van der Waals surface area contributed by atoms with Crippen molar-refractivity contribution in [2.75, 3.05) is 20.3 Å². The Morgan fingerprint density at radius 3 is 2.64 bits per heavy atom. The molecule has 1 amide bonds. The summed E-state index contributed by atoms with van der Waals surface area (Å²) in [5.74, 6) is -0.264. The first-order chi connectivity index (χ1) is 10.7. The van der Waals surface area contributed by atoms with E-state index in [1.807, 2.05) is 47.3 Å². The van der Waals surface area contributed by atoms with Gasteiger partial charge in [-0.05, 0) is 36.5 Å². The molecule has 1 heterocycles. The molecule has 0 atom stereocenters. The van der Waals surface area contributed by atoms with Gasteiger partial charge in [0.25, 0.3) is 5.91 Å². The summed E-state index contributed by atoms with van der Waals surface area (Å²) in [6.07, 6.45) is 3.77. The van der Waals surface area contributed by atoms with Crippen LogP contribution in [0.4, 0.5) is 0 Å². The summed E-state index contributed by atoms with van der Waals surface area (Å²) >= 11 is 5.05. The number of nitrogens with zero attached hydrogens (tertiary/aromatic N) is 1. The van der Waals surface area contributed by atoms with Gasteiger partial charge < -0.3 is 14.6 Å². The van der Waals surface area contributed by atoms with E-state index in [0.29, 0.717) is 23.8 Å². The predicted octanol–water partition coefficient (Wildman–Crippen LogP) is 1.23. The van der Waals surface area contributed by atoms with Gasteiger partial charge in [0, 0.05) is 26.0 Å². The first kappa shape index (κ1) is 16.0. The highest BCUT2D eigenvalue weighted by atomic mass is 32.1. The van der Waals surface area contributed by atoms with Crippen LogP contribution in [-0.2, 0) is 4.74 Å². The average Bonchev–Trinajstić information content (AvgIpc) is 3.07. The number of carbonyl (C=O) groups is 1. The maximum absolute atomic E-state index is 12.3. The summed E-state index contributed by atoms with van der Waals surface area (Å²) in [4.78, 5) is 12.3. The second kappa shape index (κ2) is 8.16. The summed E-state index contributed by atoms with van der Waals surface area (Å²) in [6.45, 7) is 1.10. The number of hydrogen-bond donors (Lipinski definition) is 3. The Bertz CT molecular complexity index is 628. The van der Waals surface area contributed by atoms with Crippen molar-refractivity contribution in [3.63, 3.8) is 0 Å². The third-order valence-electron chi connectivity index (χ3n) is 2.91. The summed E-state index contributed by atoms with van der Waals surface area (Å²) in [6, 6.07) is 11.1. The minimum atomic E-state index is -0.264. The molecule has 0 saturated heterocycles. The molecule has 3 N–H and O–H groups in total. The highest BCUT2D eigenvalue weighted by molar-refractivity contribution is 7.80. The van der Waals surface area contributed by atoms with Crippen LogP contribution in [0.5, 0.6) is 0 Å². The Balaban J connectivity index is 1.97. The molecule has 116 valence electrons. The first-order valence-electron chi connectivity index (χ1n) is 6.78. The standard InChI is InChI=1S/C15H18N4O2S/c1-21-11-8-16-15(22)18-17-14(20)12-6-2-3-7-13(12)19-9-4-5-10-19/h2-7,9-10H,8,11H2,1H3,(H,17,20)(H2,16,18,22). The second-order valence-corrected chi connectivity index (χ2v) is 4.84. The molecule has 6 nitrogen and oxygen atoms in total. The molecule has 2 aromatic rings. The van der Waals surface area contributed by atoms with E-state index in [4.69, 9.17) is 17.0 Å². The van der Waals surface area contributed by atoms with E-state index < -0.39 is 0 Å². The zero-order valence-electron chi connectivity index (χ0n) is 12.2. The number of amides is 1. The molecule has 1 aromatic carbocycles. The van der Waals surface area contributed by atoms with Crippen molar-refractivity contribution in [2.24, 2.45) is 0 Å². The average molecular weight is 318 g/mol. The number of aromatic nitrogens is 1. The van der Waals surface area contributed by atoms with Gasteiger partial charge in [-0.1, -0.05) is 12.1 Å². The zero-order valence-corrected chi connectivity index (χ0v) is 13.0. The molecule has 0 aliphatic heterocycles. The number of rotatable bonds is 5. The van der Waals surface area contributed by atoms with E-state index in [9.17, 15) is 4.79 Å². The summed E-state index contributed by atoms with van der Waals surface area (Å²) in [5.41, 5.74) is 6.59.